The van der Waals surface area contributed by atoms with Gasteiger partial charge in [0.05, 0.1) is 22.9 Å². The minimum absolute atomic E-state index is 0.125. The summed E-state index contributed by atoms with van der Waals surface area (Å²) in [7, 11) is 0. The first kappa shape index (κ1) is 25.9. The fourth-order valence-corrected chi connectivity index (χ4v) is 4.19. The van der Waals surface area contributed by atoms with Crippen LogP contribution in [0.3, 0.4) is 0 Å². The Balaban J connectivity index is 1.72. The summed E-state index contributed by atoms with van der Waals surface area (Å²) in [5.41, 5.74) is 0.425. The number of piperidine rings is 1. The van der Waals surface area contributed by atoms with Crippen LogP contribution < -0.4 is 15.4 Å². The van der Waals surface area contributed by atoms with Crippen LogP contribution in [-0.4, -0.2) is 51.3 Å². The number of aromatic amines is 1. The number of carbonyl (C=O) groups excluding carboxylic acids is 2. The fraction of sp³-hybridized carbons (Fsp3) is 0.370. The lowest BCUT2D eigenvalue weighted by molar-refractivity contribution is 0.0411. The normalized spacial score (nSPS) is 17.5. The molecule has 3 heterocycles. The minimum atomic E-state index is -1.25. The number of nitriles is 1. The van der Waals surface area contributed by atoms with Gasteiger partial charge in [-0.05, 0) is 70.0 Å². The summed E-state index contributed by atoms with van der Waals surface area (Å²) in [6, 6.07) is 14.4. The minimum Gasteiger partial charge on any atom is -0.471 e. The van der Waals surface area contributed by atoms with Gasteiger partial charge in [-0.25, -0.2) is 9.89 Å². The molecule has 4 rings (SSSR count). The molecule has 1 aromatic carbocycles. The molecule has 0 bridgehead atoms. The highest BCUT2D eigenvalue weighted by molar-refractivity contribution is 6.08. The predicted octanol–water partition coefficient (Wildman–Crippen LogP) is 3.75. The second-order valence-electron chi connectivity index (χ2n) is 9.89. The summed E-state index contributed by atoms with van der Waals surface area (Å²) >= 11 is 0. The lowest BCUT2D eigenvalue weighted by atomic mass is 9.83. The molecule has 10 heteroatoms. The Kier molecular flexibility index (Phi) is 7.55. The summed E-state index contributed by atoms with van der Waals surface area (Å²) < 4.78 is 11.5. The second kappa shape index (κ2) is 10.8. The van der Waals surface area contributed by atoms with Gasteiger partial charge in [-0.1, -0.05) is 18.2 Å². The van der Waals surface area contributed by atoms with Crippen LogP contribution in [0.5, 0.6) is 5.88 Å². The van der Waals surface area contributed by atoms with Crippen molar-refractivity contribution >= 4 is 11.9 Å². The van der Waals surface area contributed by atoms with Crippen molar-refractivity contribution in [2.75, 3.05) is 13.1 Å². The van der Waals surface area contributed by atoms with Gasteiger partial charge in [0.2, 0.25) is 11.7 Å². The summed E-state index contributed by atoms with van der Waals surface area (Å²) in [4.78, 5) is 31.1. The molecule has 0 unspecified atom stereocenters. The lowest BCUT2D eigenvalue weighted by Crippen LogP contribution is -2.63. The Hall–Kier alpha value is -4.23. The van der Waals surface area contributed by atoms with Gasteiger partial charge >= 0.3 is 6.09 Å². The first-order chi connectivity index (χ1) is 17.7. The van der Waals surface area contributed by atoms with Crippen LogP contribution >= 0.6 is 0 Å². The van der Waals surface area contributed by atoms with Crippen molar-refractivity contribution in [1.82, 2.24) is 25.8 Å². The lowest BCUT2D eigenvalue weighted by Gasteiger charge is -2.37. The van der Waals surface area contributed by atoms with Gasteiger partial charge in [0.15, 0.2) is 0 Å². The van der Waals surface area contributed by atoms with Crippen LogP contribution in [0.2, 0.25) is 0 Å². The highest BCUT2D eigenvalue weighted by atomic mass is 16.6. The van der Waals surface area contributed by atoms with Gasteiger partial charge < -0.3 is 20.1 Å². The molecule has 1 atom stereocenters. The third-order valence-electron chi connectivity index (χ3n) is 5.90. The largest absolute Gasteiger partial charge is 0.471 e. The molecule has 1 aliphatic rings. The van der Waals surface area contributed by atoms with Crippen LogP contribution in [0.1, 0.15) is 55.4 Å². The van der Waals surface area contributed by atoms with Crippen molar-refractivity contribution in [1.29, 1.82) is 5.26 Å². The van der Waals surface area contributed by atoms with Gasteiger partial charge in [-0.3, -0.25) is 9.78 Å². The molecule has 1 saturated heterocycles. The Labute approximate surface area is 215 Å². The molecule has 0 spiro atoms. The van der Waals surface area contributed by atoms with E-state index in [9.17, 15) is 14.9 Å². The molecule has 192 valence electrons. The number of rotatable bonds is 7. The quantitative estimate of drug-likeness (QED) is 0.415. The van der Waals surface area contributed by atoms with Crippen LogP contribution in [0, 0.1) is 11.3 Å². The Bertz CT molecular complexity index is 1280. The number of benzene rings is 1. The smallest absolute Gasteiger partial charge is 0.408 e. The average molecular weight is 503 g/mol. The molecular formula is C27H30N6O4. The number of aromatic nitrogens is 3. The summed E-state index contributed by atoms with van der Waals surface area (Å²) in [5, 5.41) is 22.5. The van der Waals surface area contributed by atoms with Gasteiger partial charge in [0.25, 0.3) is 0 Å². The van der Waals surface area contributed by atoms with E-state index in [4.69, 9.17) is 9.47 Å². The molecule has 2 aromatic heterocycles. The topological polar surface area (TPSA) is 142 Å². The van der Waals surface area contributed by atoms with Crippen LogP contribution in [0.25, 0.3) is 11.1 Å². The van der Waals surface area contributed by atoms with Crippen molar-refractivity contribution in [3.63, 3.8) is 0 Å². The van der Waals surface area contributed by atoms with E-state index in [0.29, 0.717) is 35.2 Å². The van der Waals surface area contributed by atoms with E-state index in [1.165, 1.54) is 0 Å². The van der Waals surface area contributed by atoms with Crippen molar-refractivity contribution in [3.8, 4) is 23.1 Å². The number of amides is 1. The molecule has 10 nitrogen and oxygen atoms in total. The number of nitrogens with zero attached hydrogens (tertiary/aromatic N) is 3. The van der Waals surface area contributed by atoms with Crippen molar-refractivity contribution in [2.24, 2.45) is 0 Å². The van der Waals surface area contributed by atoms with E-state index < -0.39 is 17.2 Å². The Morgan fingerprint density at radius 2 is 1.97 bits per heavy atom. The molecule has 0 radical (unpaired) electrons. The number of hydrogen-bond acceptors (Lipinski definition) is 8. The van der Waals surface area contributed by atoms with E-state index in [1.54, 1.807) is 51.2 Å². The standard InChI is InChI=1S/C27H30N6O4/c1-26(2,3)37-25(35)31-27(12-6-13-29-17-27)23(34)22-21(19-10-8-18(15-28)9-11-19)24(33-32-22)36-16-20-7-4-5-14-30-20/h4-5,7-11,14,29H,6,12-13,16-17H2,1-3H3,(H,31,35)(H,32,33)/t27-/m1/s1. The maximum atomic E-state index is 14.1. The number of ether oxygens (including phenoxy) is 2. The fourth-order valence-electron chi connectivity index (χ4n) is 4.19. The zero-order valence-electron chi connectivity index (χ0n) is 21.1. The monoisotopic (exact) mass is 502 g/mol. The number of Topliss-reactive ketones (excluding diaryl/α,β-unsaturated/α-hetero) is 1. The number of alkyl carbamates (subject to hydrolysis) is 1. The van der Waals surface area contributed by atoms with Crippen molar-refractivity contribution in [3.05, 3.63) is 65.6 Å². The molecular weight excluding hydrogens is 472 g/mol. The van der Waals surface area contributed by atoms with Gasteiger partial charge in [-0.2, -0.15) is 10.4 Å². The molecule has 1 fully saturated rings. The first-order valence-corrected chi connectivity index (χ1v) is 12.1. The molecule has 3 N–H and O–H groups in total. The molecule has 1 aliphatic heterocycles. The zero-order valence-corrected chi connectivity index (χ0v) is 21.1. The van der Waals surface area contributed by atoms with E-state index in [0.717, 1.165) is 6.54 Å². The van der Waals surface area contributed by atoms with Gasteiger partial charge in [0.1, 0.15) is 23.4 Å². The highest BCUT2D eigenvalue weighted by Gasteiger charge is 2.45. The highest BCUT2D eigenvalue weighted by Crippen LogP contribution is 2.35. The van der Waals surface area contributed by atoms with Gasteiger partial charge in [0, 0.05) is 12.7 Å². The molecule has 1 amide bonds. The Morgan fingerprint density at radius 3 is 2.59 bits per heavy atom. The van der Waals surface area contributed by atoms with E-state index >= 15 is 0 Å². The van der Waals surface area contributed by atoms with Crippen LogP contribution in [-0.2, 0) is 11.3 Å². The van der Waals surface area contributed by atoms with Crippen LogP contribution in [0.4, 0.5) is 4.79 Å². The number of ketones is 1. The summed E-state index contributed by atoms with van der Waals surface area (Å²) in [6.45, 7) is 6.41. The van der Waals surface area contributed by atoms with Crippen LogP contribution in [0.15, 0.2) is 48.7 Å². The third-order valence-corrected chi connectivity index (χ3v) is 5.90. The predicted molar refractivity (Wildman–Crippen MR) is 136 cm³/mol. The molecule has 0 aliphatic carbocycles. The number of nitrogens with one attached hydrogen (secondary N) is 3. The van der Waals surface area contributed by atoms with Gasteiger partial charge in [-0.15, -0.1) is 0 Å². The molecule has 0 saturated carbocycles. The number of carbonyl (C=O) groups is 2. The maximum Gasteiger partial charge on any atom is 0.408 e. The molecule has 37 heavy (non-hydrogen) atoms. The molecule has 3 aromatic rings. The van der Waals surface area contributed by atoms with E-state index in [1.807, 2.05) is 18.2 Å². The SMILES string of the molecule is CC(C)(C)OC(=O)N[C@]1(C(=O)c2n[nH]c(OCc3ccccn3)c2-c2ccc(C#N)cc2)CCCNC1. The average Bonchev–Trinajstić information content (AvgIpc) is 3.31. The van der Waals surface area contributed by atoms with E-state index in [-0.39, 0.29) is 30.5 Å². The first-order valence-electron chi connectivity index (χ1n) is 12.1. The Morgan fingerprint density at radius 1 is 1.19 bits per heavy atom. The van der Waals surface area contributed by atoms with E-state index in [2.05, 4.69) is 31.9 Å². The van der Waals surface area contributed by atoms with Crippen molar-refractivity contribution < 1.29 is 19.1 Å². The summed E-state index contributed by atoms with van der Waals surface area (Å²) in [6.07, 6.45) is 2.10. The maximum absolute atomic E-state index is 14.1. The third kappa shape index (κ3) is 6.13. The number of pyridine rings is 1. The summed E-state index contributed by atoms with van der Waals surface area (Å²) in [5.74, 6) is -0.0799. The second-order valence-corrected chi connectivity index (χ2v) is 9.89. The zero-order chi connectivity index (χ0) is 26.5. The number of H-pyrrole nitrogens is 1. The van der Waals surface area contributed by atoms with Crippen molar-refractivity contribution in [2.45, 2.75) is 51.4 Å². The number of hydrogen-bond donors (Lipinski definition) is 3.